The molecule has 0 radical (unpaired) electrons. The predicted octanol–water partition coefficient (Wildman–Crippen LogP) is 4.57. The normalized spacial score (nSPS) is 12.4. The maximum absolute atomic E-state index is 14.6. The first-order valence-corrected chi connectivity index (χ1v) is 9.52. The molecule has 0 unspecified atom stereocenters. The monoisotopic (exact) mass is 432 g/mol. The Labute approximate surface area is 162 Å². The van der Waals surface area contributed by atoms with Gasteiger partial charge in [-0.1, -0.05) is 17.3 Å². The van der Waals surface area contributed by atoms with E-state index in [4.69, 9.17) is 5.14 Å². The molecule has 154 valence electrons. The van der Waals surface area contributed by atoms with E-state index in [1.54, 1.807) is 19.9 Å². The second-order valence-electron chi connectivity index (χ2n) is 6.34. The molecular weight excluding hydrogens is 419 g/mol. The van der Waals surface area contributed by atoms with E-state index in [9.17, 15) is 30.4 Å². The van der Waals surface area contributed by atoms with Crippen LogP contribution in [0.5, 0.6) is 0 Å². The fourth-order valence-electron chi connectivity index (χ4n) is 2.76. The molecule has 0 amide bonds. The average Bonchev–Trinajstić information content (AvgIpc) is 3.03. The Bertz CT molecular complexity index is 1220. The maximum atomic E-state index is 14.6. The molecule has 5 nitrogen and oxygen atoms in total. The Morgan fingerprint density at radius 3 is 2.21 bits per heavy atom. The zero-order chi connectivity index (χ0) is 21.7. The van der Waals surface area contributed by atoms with Gasteiger partial charge < -0.3 is 4.52 Å². The van der Waals surface area contributed by atoms with Gasteiger partial charge in [0.15, 0.2) is 0 Å². The number of hydrogen-bond acceptors (Lipinski definition) is 4. The number of halogens is 5. The first-order chi connectivity index (χ1) is 13.3. The molecule has 0 spiro atoms. The quantitative estimate of drug-likeness (QED) is 0.615. The molecule has 3 aromatic rings. The van der Waals surface area contributed by atoms with Crippen LogP contribution in [0.25, 0.3) is 22.4 Å². The highest BCUT2D eigenvalue weighted by Gasteiger charge is 2.42. The molecule has 1 heterocycles. The van der Waals surface area contributed by atoms with Crippen molar-refractivity contribution in [1.29, 1.82) is 0 Å². The largest absolute Gasteiger partial charge is 0.453 e. The minimum Gasteiger partial charge on any atom is -0.350 e. The molecule has 11 heteroatoms. The van der Waals surface area contributed by atoms with Crippen molar-refractivity contribution in [3.63, 3.8) is 0 Å². The first-order valence-electron chi connectivity index (χ1n) is 7.97. The van der Waals surface area contributed by atoms with Crippen LogP contribution in [0.3, 0.4) is 0 Å². The molecule has 0 saturated carbocycles. The fraction of sp³-hybridized carbons (Fsp3) is 0.167. The summed E-state index contributed by atoms with van der Waals surface area (Å²) < 4.78 is 96.3. The van der Waals surface area contributed by atoms with Crippen molar-refractivity contribution in [3.05, 3.63) is 58.9 Å². The topological polar surface area (TPSA) is 86.2 Å². The Kier molecular flexibility index (Phi) is 4.99. The van der Waals surface area contributed by atoms with Crippen molar-refractivity contribution in [2.75, 3.05) is 0 Å². The van der Waals surface area contributed by atoms with Gasteiger partial charge in [0.2, 0.25) is 15.8 Å². The second-order valence-corrected chi connectivity index (χ2v) is 7.87. The highest BCUT2D eigenvalue weighted by molar-refractivity contribution is 7.89. The van der Waals surface area contributed by atoms with Crippen molar-refractivity contribution < 1.29 is 34.9 Å². The highest BCUT2D eigenvalue weighted by atomic mass is 32.2. The predicted molar refractivity (Wildman–Crippen MR) is 93.1 cm³/mol. The molecule has 0 aliphatic rings. The summed E-state index contributed by atoms with van der Waals surface area (Å²) in [5.74, 6) is -4.59. The van der Waals surface area contributed by atoms with Crippen molar-refractivity contribution in [3.8, 4) is 22.4 Å². The van der Waals surface area contributed by atoms with Gasteiger partial charge in [-0.05, 0) is 43.2 Å². The van der Waals surface area contributed by atoms with Crippen molar-refractivity contribution >= 4 is 10.0 Å². The van der Waals surface area contributed by atoms with Crippen LogP contribution in [-0.2, 0) is 16.2 Å². The molecule has 0 saturated heterocycles. The van der Waals surface area contributed by atoms with Crippen molar-refractivity contribution in [2.24, 2.45) is 5.14 Å². The number of benzene rings is 2. The molecule has 0 aliphatic heterocycles. The molecule has 0 bridgehead atoms. The smallest absolute Gasteiger partial charge is 0.350 e. The van der Waals surface area contributed by atoms with E-state index in [2.05, 4.69) is 9.68 Å². The number of aryl methyl sites for hydroxylation is 2. The van der Waals surface area contributed by atoms with E-state index in [-0.39, 0.29) is 17.3 Å². The van der Waals surface area contributed by atoms with E-state index in [1.807, 2.05) is 0 Å². The summed E-state index contributed by atoms with van der Waals surface area (Å²) in [6.45, 7) is 3.50. The molecule has 2 N–H and O–H groups in total. The minimum absolute atomic E-state index is 0.178. The Morgan fingerprint density at radius 2 is 1.66 bits per heavy atom. The van der Waals surface area contributed by atoms with Crippen LogP contribution in [0.4, 0.5) is 22.0 Å². The molecule has 0 atom stereocenters. The Hall–Kier alpha value is -2.79. The lowest BCUT2D eigenvalue weighted by Crippen LogP contribution is -2.15. The second kappa shape index (κ2) is 6.92. The zero-order valence-electron chi connectivity index (χ0n) is 14.9. The van der Waals surface area contributed by atoms with Gasteiger partial charge in [-0.3, -0.25) is 0 Å². The van der Waals surface area contributed by atoms with Gasteiger partial charge >= 0.3 is 6.18 Å². The van der Waals surface area contributed by atoms with Gasteiger partial charge in [0, 0.05) is 11.1 Å². The number of alkyl halides is 3. The molecule has 1 aromatic heterocycles. The van der Waals surface area contributed by atoms with Gasteiger partial charge in [-0.15, -0.1) is 0 Å². The van der Waals surface area contributed by atoms with E-state index in [1.165, 1.54) is 12.1 Å². The fourth-order valence-corrected chi connectivity index (χ4v) is 3.36. The van der Waals surface area contributed by atoms with Gasteiger partial charge in [0.1, 0.15) is 22.2 Å². The Balaban J connectivity index is 2.35. The molecule has 0 fully saturated rings. The van der Waals surface area contributed by atoms with E-state index < -0.39 is 49.6 Å². The lowest BCUT2D eigenvalue weighted by Gasteiger charge is -2.11. The third kappa shape index (κ3) is 3.87. The van der Waals surface area contributed by atoms with Crippen molar-refractivity contribution in [2.45, 2.75) is 24.9 Å². The summed E-state index contributed by atoms with van der Waals surface area (Å²) in [6, 6.07) is 5.14. The first kappa shape index (κ1) is 20.9. The number of nitrogens with two attached hydrogens (primary N) is 1. The number of sulfonamides is 1. The van der Waals surface area contributed by atoms with Crippen LogP contribution in [0.2, 0.25) is 0 Å². The summed E-state index contributed by atoms with van der Waals surface area (Å²) in [5.41, 5.74) is -0.333. The number of aromatic nitrogens is 1. The molecule has 29 heavy (non-hydrogen) atoms. The number of hydrogen-bond donors (Lipinski definition) is 1. The summed E-state index contributed by atoms with van der Waals surface area (Å²) in [6.07, 6.45) is -5.07. The van der Waals surface area contributed by atoms with Crippen molar-refractivity contribution in [1.82, 2.24) is 5.16 Å². The summed E-state index contributed by atoms with van der Waals surface area (Å²) >= 11 is 0. The van der Waals surface area contributed by atoms with E-state index in [0.29, 0.717) is 6.07 Å². The van der Waals surface area contributed by atoms with Gasteiger partial charge in [-0.25, -0.2) is 22.3 Å². The van der Waals surface area contributed by atoms with Crippen LogP contribution in [0, 0.1) is 25.5 Å². The zero-order valence-corrected chi connectivity index (χ0v) is 15.8. The van der Waals surface area contributed by atoms with Crippen LogP contribution in [-0.4, -0.2) is 13.6 Å². The molecule has 2 aromatic carbocycles. The lowest BCUT2D eigenvalue weighted by atomic mass is 9.96. The summed E-state index contributed by atoms with van der Waals surface area (Å²) in [4.78, 5) is -1.18. The third-order valence-electron chi connectivity index (χ3n) is 4.33. The van der Waals surface area contributed by atoms with Crippen LogP contribution in [0.1, 0.15) is 16.9 Å². The molecule has 3 rings (SSSR count). The van der Waals surface area contributed by atoms with E-state index >= 15 is 0 Å². The van der Waals surface area contributed by atoms with E-state index in [0.717, 1.165) is 11.1 Å². The Morgan fingerprint density at radius 1 is 1.00 bits per heavy atom. The number of rotatable bonds is 3. The van der Waals surface area contributed by atoms with Gasteiger partial charge in [-0.2, -0.15) is 13.2 Å². The average molecular weight is 432 g/mol. The van der Waals surface area contributed by atoms with Crippen LogP contribution < -0.4 is 5.14 Å². The summed E-state index contributed by atoms with van der Waals surface area (Å²) in [5, 5.41) is 8.22. The highest BCUT2D eigenvalue weighted by Crippen LogP contribution is 2.44. The molecule has 0 aliphatic carbocycles. The van der Waals surface area contributed by atoms with Crippen LogP contribution in [0.15, 0.2) is 39.8 Å². The van der Waals surface area contributed by atoms with Gasteiger partial charge in [0.05, 0.1) is 5.56 Å². The van der Waals surface area contributed by atoms with Gasteiger partial charge in [0.25, 0.3) is 0 Å². The summed E-state index contributed by atoms with van der Waals surface area (Å²) in [7, 11) is -4.63. The third-order valence-corrected chi connectivity index (χ3v) is 5.25. The number of primary sulfonamides is 1. The number of nitrogens with zero attached hydrogens (tertiary/aromatic N) is 1. The molecular formula is C18H13F5N2O3S. The lowest BCUT2D eigenvalue weighted by molar-refractivity contribution is -0.154. The maximum Gasteiger partial charge on any atom is 0.453 e. The minimum atomic E-state index is -5.07. The van der Waals surface area contributed by atoms with Crippen LogP contribution >= 0.6 is 0 Å². The standard InChI is InChI=1S/C18H13F5N2O3S/c1-8-3-4-10(5-9(8)2)16-15(17(28-25-16)18(21,22)23)11-6-13(20)14(7-12(11)19)29(24,26)27/h3-7H,1-2H3,(H2,24,26,27). The SMILES string of the molecule is Cc1ccc(-c2noc(C(F)(F)F)c2-c2cc(F)c(S(N)(=O)=O)cc2F)cc1C.